The Kier molecular flexibility index (Phi) is 9.54. The van der Waals surface area contributed by atoms with Gasteiger partial charge in [-0.05, 0) is 82.5 Å². The van der Waals surface area contributed by atoms with Crippen LogP contribution in [0.2, 0.25) is 0 Å². The van der Waals surface area contributed by atoms with E-state index in [9.17, 15) is 14.4 Å². The van der Waals surface area contributed by atoms with Gasteiger partial charge in [-0.3, -0.25) is 4.79 Å². The third kappa shape index (κ3) is 6.72. The second kappa shape index (κ2) is 13.3. The summed E-state index contributed by atoms with van der Waals surface area (Å²) in [6.07, 6.45) is 1.61. The quantitative estimate of drug-likeness (QED) is 0.183. The van der Waals surface area contributed by atoms with Crippen molar-refractivity contribution < 1.29 is 28.6 Å². The summed E-state index contributed by atoms with van der Waals surface area (Å²) in [6, 6.07) is 12.0. The van der Waals surface area contributed by atoms with Crippen molar-refractivity contribution in [2.24, 2.45) is 5.10 Å². The van der Waals surface area contributed by atoms with Crippen LogP contribution in [0, 0.1) is 27.7 Å². The van der Waals surface area contributed by atoms with E-state index in [1.807, 2.05) is 26.0 Å². The van der Waals surface area contributed by atoms with Crippen molar-refractivity contribution in [2.75, 3.05) is 20.3 Å². The van der Waals surface area contributed by atoms with E-state index < -0.39 is 23.9 Å². The lowest BCUT2D eigenvalue weighted by atomic mass is 9.95. The Balaban J connectivity index is 1.43. The van der Waals surface area contributed by atoms with Crippen LogP contribution in [0.1, 0.15) is 53.5 Å². The number of hydrazone groups is 1. The number of carbonyl (C=O) groups excluding carboxylic acids is 3. The summed E-state index contributed by atoms with van der Waals surface area (Å²) in [5.41, 5.74) is 10.2. The molecule has 3 amide bonds. The van der Waals surface area contributed by atoms with Crippen LogP contribution in [0.4, 0.5) is 4.79 Å². The maximum Gasteiger partial charge on any atom is 0.338 e. The number of ether oxygens (including phenoxy) is 3. The van der Waals surface area contributed by atoms with Gasteiger partial charge < -0.3 is 29.4 Å². The van der Waals surface area contributed by atoms with Crippen molar-refractivity contribution in [1.29, 1.82) is 0 Å². The molecule has 0 fully saturated rings. The first-order valence-corrected chi connectivity index (χ1v) is 13.9. The molecule has 11 heteroatoms. The lowest BCUT2D eigenvalue weighted by Crippen LogP contribution is -2.45. The van der Waals surface area contributed by atoms with Crippen LogP contribution in [0.3, 0.4) is 0 Å². The van der Waals surface area contributed by atoms with E-state index in [1.54, 1.807) is 38.3 Å². The Morgan fingerprint density at radius 2 is 1.84 bits per heavy atom. The minimum absolute atomic E-state index is 0.192. The Bertz CT molecular complexity index is 1620. The van der Waals surface area contributed by atoms with Crippen LogP contribution in [-0.2, 0) is 14.3 Å². The highest BCUT2D eigenvalue weighted by Gasteiger charge is 2.32. The van der Waals surface area contributed by atoms with E-state index in [-0.39, 0.29) is 18.8 Å². The molecule has 226 valence electrons. The van der Waals surface area contributed by atoms with Gasteiger partial charge in [0, 0.05) is 28.3 Å². The molecule has 4 rings (SSSR count). The zero-order valence-electron chi connectivity index (χ0n) is 25.5. The summed E-state index contributed by atoms with van der Waals surface area (Å²) in [5, 5.41) is 9.48. The first kappa shape index (κ1) is 30.9. The second-order valence-corrected chi connectivity index (χ2v) is 10.2. The summed E-state index contributed by atoms with van der Waals surface area (Å²) in [7, 11) is 1.46. The highest BCUT2D eigenvalue weighted by molar-refractivity contribution is 5.95. The molecular formula is C32H37N5O6. The summed E-state index contributed by atoms with van der Waals surface area (Å²) in [5.74, 6) is -0.372. The third-order valence-corrected chi connectivity index (χ3v) is 7.32. The third-order valence-electron chi connectivity index (χ3n) is 7.32. The smallest absolute Gasteiger partial charge is 0.338 e. The molecule has 1 aliphatic heterocycles. The number of carbonyl (C=O) groups is 3. The minimum Gasteiger partial charge on any atom is -0.493 e. The van der Waals surface area contributed by atoms with Crippen LogP contribution >= 0.6 is 0 Å². The number of esters is 1. The molecule has 1 aromatic heterocycles. The van der Waals surface area contributed by atoms with Crippen molar-refractivity contribution in [3.63, 3.8) is 0 Å². The molecule has 0 unspecified atom stereocenters. The van der Waals surface area contributed by atoms with Crippen LogP contribution in [0.5, 0.6) is 11.5 Å². The van der Waals surface area contributed by atoms with Gasteiger partial charge in [0.15, 0.2) is 18.1 Å². The van der Waals surface area contributed by atoms with Gasteiger partial charge in [-0.2, -0.15) is 5.10 Å². The number of amides is 3. The van der Waals surface area contributed by atoms with Crippen LogP contribution in [-0.4, -0.2) is 49.0 Å². The number of nitrogens with zero attached hydrogens (tertiary/aromatic N) is 2. The molecule has 3 aromatic rings. The zero-order valence-corrected chi connectivity index (χ0v) is 25.5. The number of hydrogen-bond donors (Lipinski definition) is 3. The van der Waals surface area contributed by atoms with Crippen molar-refractivity contribution in [2.45, 2.75) is 47.6 Å². The fourth-order valence-electron chi connectivity index (χ4n) is 5.02. The fourth-order valence-corrected chi connectivity index (χ4v) is 5.02. The molecule has 0 aliphatic carbocycles. The molecule has 0 saturated heterocycles. The molecule has 1 atom stereocenters. The maximum atomic E-state index is 12.6. The largest absolute Gasteiger partial charge is 0.493 e. The molecule has 3 N–H and O–H groups in total. The highest BCUT2D eigenvalue weighted by Crippen LogP contribution is 2.34. The number of allylic oxidation sites excluding steroid dienone is 1. The number of nitrogens with one attached hydrogen (secondary N) is 3. The first-order valence-electron chi connectivity index (χ1n) is 13.9. The molecular weight excluding hydrogens is 550 g/mol. The fraction of sp³-hybridized carbons (Fsp3) is 0.312. The van der Waals surface area contributed by atoms with Gasteiger partial charge in [0.25, 0.3) is 5.91 Å². The van der Waals surface area contributed by atoms with Gasteiger partial charge >= 0.3 is 12.0 Å². The summed E-state index contributed by atoms with van der Waals surface area (Å²) >= 11 is 0. The lowest BCUT2D eigenvalue weighted by Gasteiger charge is -2.28. The number of aryl methyl sites for hydroxylation is 2. The zero-order chi connectivity index (χ0) is 31.3. The highest BCUT2D eigenvalue weighted by atomic mass is 16.5. The second-order valence-electron chi connectivity index (χ2n) is 10.2. The summed E-state index contributed by atoms with van der Waals surface area (Å²) < 4.78 is 18.5. The summed E-state index contributed by atoms with van der Waals surface area (Å²) in [4.78, 5) is 37.3. The maximum absolute atomic E-state index is 12.6. The summed E-state index contributed by atoms with van der Waals surface area (Å²) in [6.45, 7) is 11.5. The first-order chi connectivity index (χ1) is 20.5. The number of rotatable bonds is 10. The van der Waals surface area contributed by atoms with E-state index in [2.05, 4.69) is 51.7 Å². The van der Waals surface area contributed by atoms with E-state index in [1.165, 1.54) is 18.2 Å². The lowest BCUT2D eigenvalue weighted by molar-refractivity contribution is -0.139. The van der Waals surface area contributed by atoms with E-state index >= 15 is 0 Å². The molecule has 11 nitrogen and oxygen atoms in total. The van der Waals surface area contributed by atoms with Crippen molar-refractivity contribution in [3.05, 3.63) is 87.4 Å². The average molecular weight is 588 g/mol. The Morgan fingerprint density at radius 3 is 2.56 bits per heavy atom. The predicted molar refractivity (Wildman–Crippen MR) is 163 cm³/mol. The van der Waals surface area contributed by atoms with Gasteiger partial charge in [-0.1, -0.05) is 18.2 Å². The number of urea groups is 1. The van der Waals surface area contributed by atoms with E-state index in [0.717, 1.165) is 22.6 Å². The molecule has 0 saturated carbocycles. The molecule has 43 heavy (non-hydrogen) atoms. The normalized spacial score (nSPS) is 14.8. The molecule has 0 radical (unpaired) electrons. The molecule has 0 bridgehead atoms. The number of methoxy groups -OCH3 is 1. The molecule has 2 heterocycles. The topological polar surface area (TPSA) is 132 Å². The van der Waals surface area contributed by atoms with Gasteiger partial charge in [0.05, 0.1) is 31.5 Å². The van der Waals surface area contributed by atoms with E-state index in [4.69, 9.17) is 14.2 Å². The number of benzene rings is 2. The standard InChI is InChI=1S/C32H37N5O6/c1-8-42-31(39)29-21(5)34-32(40)35-30(29)23-12-13-26(27(15-23)41-7)43-17-28(38)36-33-16-24-14-19(3)37(22(24)6)25-11-9-10-18(2)20(25)4/h9-16,30H,8,17H2,1-7H3,(H,36,38)(H2,34,35,40)/b33-16-/t30-/m0/s1. The Hall–Kier alpha value is -5.06. The molecule has 2 aromatic carbocycles. The van der Waals surface area contributed by atoms with Crippen LogP contribution < -0.4 is 25.5 Å². The number of hydrogen-bond acceptors (Lipinski definition) is 7. The molecule has 0 spiro atoms. The minimum atomic E-state index is -0.759. The van der Waals surface area contributed by atoms with Gasteiger partial charge in [-0.15, -0.1) is 0 Å². The van der Waals surface area contributed by atoms with Crippen molar-refractivity contribution in [3.8, 4) is 17.2 Å². The Morgan fingerprint density at radius 1 is 1.07 bits per heavy atom. The van der Waals surface area contributed by atoms with Crippen molar-refractivity contribution >= 4 is 24.1 Å². The van der Waals surface area contributed by atoms with Gasteiger partial charge in [0.2, 0.25) is 0 Å². The SMILES string of the molecule is CCOC(=O)C1=C(C)NC(=O)N[C@H]1c1ccc(OCC(=O)N/N=C\c2cc(C)n(-c3cccc(C)c3C)c2C)c(OC)c1. The van der Waals surface area contributed by atoms with Gasteiger partial charge in [0.1, 0.15) is 0 Å². The Labute approximate surface area is 250 Å². The monoisotopic (exact) mass is 587 g/mol. The van der Waals surface area contributed by atoms with Gasteiger partial charge in [-0.25, -0.2) is 15.0 Å². The molecule has 1 aliphatic rings. The predicted octanol–water partition coefficient (Wildman–Crippen LogP) is 4.44. The van der Waals surface area contributed by atoms with Crippen molar-refractivity contribution in [1.82, 2.24) is 20.6 Å². The number of aromatic nitrogens is 1. The average Bonchev–Trinajstić information content (AvgIpc) is 3.25. The van der Waals surface area contributed by atoms with E-state index in [0.29, 0.717) is 22.8 Å². The van der Waals surface area contributed by atoms with Crippen LogP contribution in [0.25, 0.3) is 5.69 Å². The van der Waals surface area contributed by atoms with Crippen LogP contribution in [0.15, 0.2) is 58.8 Å².